The number of aromatic nitrogens is 4. The van der Waals surface area contributed by atoms with E-state index in [4.69, 9.17) is 0 Å². The van der Waals surface area contributed by atoms with Crippen molar-refractivity contribution in [3.05, 3.63) is 29.3 Å². The van der Waals surface area contributed by atoms with Crippen LogP contribution >= 0.6 is 11.8 Å². The molecule has 0 N–H and O–H groups in total. The van der Waals surface area contributed by atoms with Crippen molar-refractivity contribution in [2.75, 3.05) is 5.75 Å². The second-order valence-corrected chi connectivity index (χ2v) is 5.16. The summed E-state index contributed by atoms with van der Waals surface area (Å²) < 4.78 is 3.70. The van der Waals surface area contributed by atoms with Crippen LogP contribution in [0.25, 0.3) is 0 Å². The molecule has 0 radical (unpaired) electrons. The smallest absolute Gasteiger partial charge is 0.186 e. The molecule has 2 rings (SSSR count). The number of hydrogen-bond donors (Lipinski definition) is 0. The lowest BCUT2D eigenvalue weighted by Crippen LogP contribution is -2.05. The van der Waals surface area contributed by atoms with Gasteiger partial charge in [-0.3, -0.25) is 4.79 Å². The zero-order chi connectivity index (χ0) is 13.3. The number of hydrogen-bond acceptors (Lipinski definition) is 4. The van der Waals surface area contributed by atoms with E-state index in [-0.39, 0.29) is 5.78 Å². The fourth-order valence-corrected chi connectivity index (χ4v) is 2.53. The maximum atomic E-state index is 12.1. The third-order valence-electron chi connectivity index (χ3n) is 3.08. The molecule has 0 fully saturated rings. The van der Waals surface area contributed by atoms with Gasteiger partial charge in [0.2, 0.25) is 0 Å². The second-order valence-electron chi connectivity index (χ2n) is 4.22. The van der Waals surface area contributed by atoms with E-state index in [0.29, 0.717) is 5.75 Å². The molecule has 0 spiro atoms. The summed E-state index contributed by atoms with van der Waals surface area (Å²) in [4.78, 5) is 16.2. The summed E-state index contributed by atoms with van der Waals surface area (Å²) in [6.45, 7) is 3.97. The van der Waals surface area contributed by atoms with E-state index in [2.05, 4.69) is 10.1 Å². The lowest BCUT2D eigenvalue weighted by molar-refractivity contribution is 0.102. The number of rotatable bonds is 4. The summed E-state index contributed by atoms with van der Waals surface area (Å²) in [6.07, 6.45) is 1.49. The Hall–Kier alpha value is -1.56. The fourth-order valence-electron chi connectivity index (χ4n) is 1.76. The molecule has 0 aliphatic rings. The molecule has 18 heavy (non-hydrogen) atoms. The van der Waals surface area contributed by atoms with Gasteiger partial charge in [-0.1, -0.05) is 11.8 Å². The number of aryl methyl sites for hydroxylation is 2. The van der Waals surface area contributed by atoms with Crippen LogP contribution in [-0.2, 0) is 14.1 Å². The second kappa shape index (κ2) is 4.97. The highest BCUT2D eigenvalue weighted by Crippen LogP contribution is 2.19. The average Bonchev–Trinajstić information content (AvgIpc) is 2.86. The van der Waals surface area contributed by atoms with E-state index in [1.807, 2.05) is 38.6 Å². The molecule has 0 aromatic carbocycles. The first-order chi connectivity index (χ1) is 8.50. The van der Waals surface area contributed by atoms with Crippen LogP contribution in [-0.4, -0.2) is 30.9 Å². The lowest BCUT2D eigenvalue weighted by atomic mass is 10.2. The number of ketones is 1. The largest absolute Gasteiger partial charge is 0.351 e. The molecule has 2 heterocycles. The van der Waals surface area contributed by atoms with Gasteiger partial charge in [-0.05, 0) is 19.9 Å². The zero-order valence-corrected chi connectivity index (χ0v) is 11.8. The van der Waals surface area contributed by atoms with Crippen LogP contribution in [0.2, 0.25) is 0 Å². The highest BCUT2D eigenvalue weighted by atomic mass is 32.2. The Morgan fingerprint density at radius 3 is 2.61 bits per heavy atom. The highest BCUT2D eigenvalue weighted by molar-refractivity contribution is 7.99. The van der Waals surface area contributed by atoms with Gasteiger partial charge in [0.05, 0.1) is 5.75 Å². The molecule has 0 saturated carbocycles. The standard InChI is InChI=1S/C12H16N4OS/c1-8-5-10(9(2)15(8)3)11(17)6-18-12-13-7-14-16(12)4/h5,7H,6H2,1-4H3. The Morgan fingerprint density at radius 1 is 1.39 bits per heavy atom. The van der Waals surface area contributed by atoms with E-state index in [1.54, 1.807) is 4.68 Å². The number of carbonyl (C=O) groups excluding carboxylic acids is 1. The molecule has 0 aliphatic heterocycles. The average molecular weight is 264 g/mol. The molecular weight excluding hydrogens is 248 g/mol. The summed E-state index contributed by atoms with van der Waals surface area (Å²) in [5, 5.41) is 4.73. The van der Waals surface area contributed by atoms with E-state index < -0.39 is 0 Å². The quantitative estimate of drug-likeness (QED) is 0.623. The SMILES string of the molecule is Cc1cc(C(=O)CSc2ncnn2C)c(C)n1C. The van der Waals surface area contributed by atoms with Crippen molar-refractivity contribution in [1.82, 2.24) is 19.3 Å². The van der Waals surface area contributed by atoms with Crippen LogP contribution in [0.4, 0.5) is 0 Å². The van der Waals surface area contributed by atoms with Crippen LogP contribution in [0.1, 0.15) is 21.7 Å². The van der Waals surface area contributed by atoms with Crippen molar-refractivity contribution in [2.45, 2.75) is 19.0 Å². The van der Waals surface area contributed by atoms with Crippen LogP contribution in [0.5, 0.6) is 0 Å². The van der Waals surface area contributed by atoms with E-state index in [9.17, 15) is 4.79 Å². The van der Waals surface area contributed by atoms with Crippen molar-refractivity contribution in [1.29, 1.82) is 0 Å². The fraction of sp³-hybridized carbons (Fsp3) is 0.417. The molecule has 0 bridgehead atoms. The molecule has 96 valence electrons. The molecule has 5 nitrogen and oxygen atoms in total. The Labute approximate surface area is 110 Å². The van der Waals surface area contributed by atoms with E-state index >= 15 is 0 Å². The minimum Gasteiger partial charge on any atom is -0.351 e. The predicted octanol–water partition coefficient (Wildman–Crippen LogP) is 1.75. The van der Waals surface area contributed by atoms with Crippen molar-refractivity contribution >= 4 is 17.5 Å². The summed E-state index contributed by atoms with van der Waals surface area (Å²) in [5.41, 5.74) is 2.90. The normalized spacial score (nSPS) is 10.9. The summed E-state index contributed by atoms with van der Waals surface area (Å²) in [5.74, 6) is 0.515. The molecule has 2 aromatic heterocycles. The zero-order valence-electron chi connectivity index (χ0n) is 11.0. The highest BCUT2D eigenvalue weighted by Gasteiger charge is 2.15. The maximum absolute atomic E-state index is 12.1. The van der Waals surface area contributed by atoms with Crippen molar-refractivity contribution in [2.24, 2.45) is 14.1 Å². The maximum Gasteiger partial charge on any atom is 0.186 e. The van der Waals surface area contributed by atoms with Gasteiger partial charge >= 0.3 is 0 Å². The molecular formula is C12H16N4OS. The first-order valence-corrected chi connectivity index (χ1v) is 6.62. The van der Waals surface area contributed by atoms with Crippen LogP contribution in [0, 0.1) is 13.8 Å². The molecule has 6 heteroatoms. The van der Waals surface area contributed by atoms with Gasteiger partial charge in [0.25, 0.3) is 0 Å². The molecule has 0 amide bonds. The van der Waals surface area contributed by atoms with Gasteiger partial charge in [-0.15, -0.1) is 0 Å². The van der Waals surface area contributed by atoms with Crippen molar-refractivity contribution in [3.63, 3.8) is 0 Å². The number of nitrogens with zero attached hydrogens (tertiary/aromatic N) is 4. The molecule has 0 aliphatic carbocycles. The molecule has 2 aromatic rings. The Balaban J connectivity index is 2.09. The number of carbonyl (C=O) groups is 1. The third-order valence-corrected chi connectivity index (χ3v) is 4.11. The number of thioether (sulfide) groups is 1. The lowest BCUT2D eigenvalue weighted by Gasteiger charge is -2.02. The van der Waals surface area contributed by atoms with Crippen molar-refractivity contribution in [3.8, 4) is 0 Å². The van der Waals surface area contributed by atoms with Gasteiger partial charge in [-0.25, -0.2) is 9.67 Å². The van der Waals surface area contributed by atoms with Crippen molar-refractivity contribution < 1.29 is 4.79 Å². The third kappa shape index (κ3) is 2.33. The van der Waals surface area contributed by atoms with Crippen LogP contribution in [0.3, 0.4) is 0 Å². The minimum atomic E-state index is 0.129. The Morgan fingerprint density at radius 2 is 2.11 bits per heavy atom. The first-order valence-electron chi connectivity index (χ1n) is 5.63. The topological polar surface area (TPSA) is 52.7 Å². The predicted molar refractivity (Wildman–Crippen MR) is 70.9 cm³/mol. The summed E-state index contributed by atoms with van der Waals surface area (Å²) in [7, 11) is 3.79. The summed E-state index contributed by atoms with van der Waals surface area (Å²) >= 11 is 1.41. The van der Waals surface area contributed by atoms with Gasteiger partial charge in [0.15, 0.2) is 10.9 Å². The Bertz CT molecular complexity index is 585. The van der Waals surface area contributed by atoms with E-state index in [1.165, 1.54) is 18.1 Å². The van der Waals surface area contributed by atoms with Gasteiger partial charge < -0.3 is 4.57 Å². The van der Waals surface area contributed by atoms with Crippen LogP contribution < -0.4 is 0 Å². The monoisotopic (exact) mass is 264 g/mol. The van der Waals surface area contributed by atoms with E-state index in [0.717, 1.165) is 22.1 Å². The number of Topliss-reactive ketones (excluding diaryl/α,β-unsaturated/α-hetero) is 1. The first kappa shape index (κ1) is 12.9. The van der Waals surface area contributed by atoms with Gasteiger partial charge in [0.1, 0.15) is 6.33 Å². The summed E-state index contributed by atoms with van der Waals surface area (Å²) in [6, 6.07) is 1.94. The minimum absolute atomic E-state index is 0.129. The Kier molecular flexibility index (Phi) is 3.56. The van der Waals surface area contributed by atoms with Gasteiger partial charge in [0, 0.05) is 31.0 Å². The molecule has 0 atom stereocenters. The molecule has 0 unspecified atom stereocenters. The molecule has 0 saturated heterocycles. The van der Waals surface area contributed by atoms with Crippen LogP contribution in [0.15, 0.2) is 17.6 Å². The van der Waals surface area contributed by atoms with Gasteiger partial charge in [-0.2, -0.15) is 5.10 Å².